The van der Waals surface area contributed by atoms with Crippen LogP contribution in [0.3, 0.4) is 0 Å². The molecule has 0 saturated heterocycles. The molecule has 0 bridgehead atoms. The van der Waals surface area contributed by atoms with Crippen molar-refractivity contribution in [3.05, 3.63) is 83.2 Å². The first-order valence-electron chi connectivity index (χ1n) is 8.01. The fourth-order valence-electron chi connectivity index (χ4n) is 3.24. The molecule has 3 nitrogen and oxygen atoms in total. The van der Waals surface area contributed by atoms with Gasteiger partial charge in [0.2, 0.25) is 0 Å². The number of nitrogens with one attached hydrogen (secondary N) is 1. The summed E-state index contributed by atoms with van der Waals surface area (Å²) in [5.74, 6) is -0.0441. The Labute approximate surface area is 141 Å². The number of fused-ring (bicyclic) bond motifs is 1. The van der Waals surface area contributed by atoms with E-state index in [4.69, 9.17) is 0 Å². The van der Waals surface area contributed by atoms with Crippen molar-refractivity contribution in [2.75, 3.05) is 5.32 Å². The van der Waals surface area contributed by atoms with Crippen molar-refractivity contribution < 1.29 is 4.79 Å². The second-order valence-corrected chi connectivity index (χ2v) is 6.10. The molecule has 1 aliphatic rings. The zero-order valence-electron chi connectivity index (χ0n) is 13.7. The Morgan fingerprint density at radius 1 is 0.875 bits per heavy atom. The lowest BCUT2D eigenvalue weighted by atomic mass is 10.0. The highest BCUT2D eigenvalue weighted by molar-refractivity contribution is 6.34. The van der Waals surface area contributed by atoms with Crippen molar-refractivity contribution in [3.8, 4) is 5.69 Å². The van der Waals surface area contributed by atoms with E-state index in [2.05, 4.69) is 60.1 Å². The minimum absolute atomic E-state index is 0.0441. The number of aryl methyl sites for hydroxylation is 2. The highest BCUT2D eigenvalue weighted by Gasteiger charge is 2.23. The molecule has 0 radical (unpaired) electrons. The van der Waals surface area contributed by atoms with E-state index in [1.54, 1.807) is 0 Å². The lowest BCUT2D eigenvalue weighted by molar-refractivity contribution is -0.110. The van der Waals surface area contributed by atoms with Gasteiger partial charge in [-0.15, -0.1) is 0 Å². The van der Waals surface area contributed by atoms with Crippen LogP contribution in [0.4, 0.5) is 5.69 Å². The maximum atomic E-state index is 12.2. The van der Waals surface area contributed by atoms with Gasteiger partial charge in [-0.25, -0.2) is 0 Å². The number of carbonyl (C=O) groups is 1. The van der Waals surface area contributed by atoms with Gasteiger partial charge < -0.3 is 9.88 Å². The zero-order chi connectivity index (χ0) is 16.7. The van der Waals surface area contributed by atoms with Crippen molar-refractivity contribution >= 4 is 23.2 Å². The second kappa shape index (κ2) is 5.53. The standard InChI is InChI=1S/C21H18N2O/c1-14-7-8-15(2)23(14)17-11-9-16(10-12-17)13-19-18-5-3-4-6-20(18)22-21(19)24/h3-13H,1-2H3,(H,22,24)/b19-13-. The number of aromatic nitrogens is 1. The largest absolute Gasteiger partial charge is 0.321 e. The van der Waals surface area contributed by atoms with Crippen molar-refractivity contribution in [1.82, 2.24) is 4.57 Å². The van der Waals surface area contributed by atoms with Gasteiger partial charge in [-0.3, -0.25) is 4.79 Å². The van der Waals surface area contributed by atoms with Gasteiger partial charge in [0.05, 0.1) is 0 Å². The molecule has 118 valence electrons. The number of nitrogens with zero attached hydrogens (tertiary/aromatic N) is 1. The summed E-state index contributed by atoms with van der Waals surface area (Å²) < 4.78 is 2.22. The van der Waals surface area contributed by atoms with Crippen LogP contribution >= 0.6 is 0 Å². The Bertz CT molecular complexity index is 942. The average molecular weight is 314 g/mol. The summed E-state index contributed by atoms with van der Waals surface area (Å²) in [6, 6.07) is 20.3. The molecule has 3 heteroatoms. The van der Waals surface area contributed by atoms with E-state index in [9.17, 15) is 4.79 Å². The van der Waals surface area contributed by atoms with Gasteiger partial charge in [0, 0.05) is 33.9 Å². The molecule has 1 aromatic heterocycles. The number of carbonyl (C=O) groups excluding carboxylic acids is 1. The molecule has 4 rings (SSSR count). The molecule has 0 fully saturated rings. The van der Waals surface area contributed by atoms with Crippen LogP contribution < -0.4 is 5.32 Å². The first-order chi connectivity index (χ1) is 11.6. The van der Waals surface area contributed by atoms with Crippen LogP contribution in [-0.4, -0.2) is 10.5 Å². The zero-order valence-corrected chi connectivity index (χ0v) is 13.7. The number of hydrogen-bond acceptors (Lipinski definition) is 1. The summed E-state index contributed by atoms with van der Waals surface area (Å²) in [6.45, 7) is 4.20. The molecule has 0 atom stereocenters. The van der Waals surface area contributed by atoms with Crippen molar-refractivity contribution in [2.45, 2.75) is 13.8 Å². The quantitative estimate of drug-likeness (QED) is 0.690. The maximum Gasteiger partial charge on any atom is 0.256 e. The summed E-state index contributed by atoms with van der Waals surface area (Å²) in [5, 5.41) is 2.91. The Morgan fingerprint density at radius 3 is 2.25 bits per heavy atom. The lowest BCUT2D eigenvalue weighted by Gasteiger charge is -2.09. The summed E-state index contributed by atoms with van der Waals surface area (Å²) in [4.78, 5) is 12.2. The van der Waals surface area contributed by atoms with Crippen LogP contribution in [-0.2, 0) is 4.79 Å². The van der Waals surface area contributed by atoms with E-state index >= 15 is 0 Å². The van der Waals surface area contributed by atoms with Crippen molar-refractivity contribution in [2.24, 2.45) is 0 Å². The Balaban J connectivity index is 1.71. The lowest BCUT2D eigenvalue weighted by Crippen LogP contribution is -2.03. The monoisotopic (exact) mass is 314 g/mol. The van der Waals surface area contributed by atoms with Crippen LogP contribution in [0, 0.1) is 13.8 Å². The van der Waals surface area contributed by atoms with Crippen LogP contribution in [0.15, 0.2) is 60.7 Å². The smallest absolute Gasteiger partial charge is 0.256 e. The third-order valence-corrected chi connectivity index (χ3v) is 4.44. The van der Waals surface area contributed by atoms with Gasteiger partial charge in [0.1, 0.15) is 0 Å². The van der Waals surface area contributed by atoms with E-state index in [1.807, 2.05) is 30.3 Å². The molecule has 24 heavy (non-hydrogen) atoms. The molecule has 0 saturated carbocycles. The molecule has 3 aromatic rings. The Morgan fingerprint density at radius 2 is 1.54 bits per heavy atom. The van der Waals surface area contributed by atoms with Gasteiger partial charge in [0.15, 0.2) is 0 Å². The average Bonchev–Trinajstić information content (AvgIpc) is 3.08. The summed E-state index contributed by atoms with van der Waals surface area (Å²) in [7, 11) is 0. The third-order valence-electron chi connectivity index (χ3n) is 4.44. The molecular weight excluding hydrogens is 296 g/mol. The van der Waals surface area contributed by atoms with E-state index in [-0.39, 0.29) is 5.91 Å². The van der Waals surface area contributed by atoms with Crippen LogP contribution in [0.25, 0.3) is 17.3 Å². The Hall–Kier alpha value is -3.07. The first-order valence-corrected chi connectivity index (χ1v) is 8.01. The predicted octanol–water partition coefficient (Wildman–Crippen LogP) is 4.59. The molecule has 1 aliphatic heterocycles. The van der Waals surface area contributed by atoms with Gasteiger partial charge in [-0.05, 0) is 55.8 Å². The van der Waals surface area contributed by atoms with E-state index < -0.39 is 0 Å². The maximum absolute atomic E-state index is 12.2. The van der Waals surface area contributed by atoms with E-state index in [1.165, 1.54) is 11.4 Å². The number of amides is 1. The highest BCUT2D eigenvalue weighted by Crippen LogP contribution is 2.32. The van der Waals surface area contributed by atoms with Gasteiger partial charge >= 0.3 is 0 Å². The Kier molecular flexibility index (Phi) is 3.35. The van der Waals surface area contributed by atoms with Crippen molar-refractivity contribution in [1.29, 1.82) is 0 Å². The fourth-order valence-corrected chi connectivity index (χ4v) is 3.24. The van der Waals surface area contributed by atoms with E-state index in [0.717, 1.165) is 22.5 Å². The summed E-state index contributed by atoms with van der Waals surface area (Å²) >= 11 is 0. The molecule has 1 N–H and O–H groups in total. The summed E-state index contributed by atoms with van der Waals surface area (Å²) in [6.07, 6.45) is 1.94. The molecule has 1 amide bonds. The predicted molar refractivity (Wildman–Crippen MR) is 98.2 cm³/mol. The van der Waals surface area contributed by atoms with Crippen LogP contribution in [0.2, 0.25) is 0 Å². The summed E-state index contributed by atoms with van der Waals surface area (Å²) in [5.41, 5.74) is 7.13. The molecule has 0 aliphatic carbocycles. The fraction of sp³-hybridized carbons (Fsp3) is 0.0952. The first kappa shape index (κ1) is 14.5. The highest BCUT2D eigenvalue weighted by atomic mass is 16.2. The third kappa shape index (κ3) is 2.35. The topological polar surface area (TPSA) is 34.0 Å². The van der Waals surface area contributed by atoms with Gasteiger partial charge in [-0.2, -0.15) is 0 Å². The molecular formula is C21H18N2O. The molecule has 0 unspecified atom stereocenters. The van der Waals surface area contributed by atoms with Gasteiger partial charge in [-0.1, -0.05) is 30.3 Å². The number of benzene rings is 2. The van der Waals surface area contributed by atoms with Gasteiger partial charge in [0.25, 0.3) is 5.91 Å². The number of rotatable bonds is 2. The number of anilines is 1. The second-order valence-electron chi connectivity index (χ2n) is 6.10. The van der Waals surface area contributed by atoms with Crippen molar-refractivity contribution in [3.63, 3.8) is 0 Å². The molecule has 2 heterocycles. The van der Waals surface area contributed by atoms with Crippen LogP contribution in [0.1, 0.15) is 22.5 Å². The minimum Gasteiger partial charge on any atom is -0.321 e. The molecule has 2 aromatic carbocycles. The van der Waals surface area contributed by atoms with E-state index in [0.29, 0.717) is 5.57 Å². The number of para-hydroxylation sites is 1. The number of hydrogen-bond donors (Lipinski definition) is 1. The SMILES string of the molecule is Cc1ccc(C)n1-c1ccc(/C=C2\C(=O)Nc3ccccc32)cc1. The molecule has 0 spiro atoms. The normalized spacial score (nSPS) is 14.8. The minimum atomic E-state index is -0.0441. The van der Waals surface area contributed by atoms with Crippen LogP contribution in [0.5, 0.6) is 0 Å².